The molecule has 1 aromatic carbocycles. The van der Waals surface area contributed by atoms with Gasteiger partial charge in [-0.15, -0.1) is 0 Å². The minimum absolute atomic E-state index is 0.108. The summed E-state index contributed by atoms with van der Waals surface area (Å²) in [4.78, 5) is 10.2. The summed E-state index contributed by atoms with van der Waals surface area (Å²) in [6.07, 6.45) is 0. The summed E-state index contributed by atoms with van der Waals surface area (Å²) in [6, 6.07) is 4.69. The minimum atomic E-state index is -1.06. The summed E-state index contributed by atoms with van der Waals surface area (Å²) in [5.74, 6) is -0.750. The van der Waals surface area contributed by atoms with Gasteiger partial charge >= 0.3 is 5.97 Å². The molecule has 0 aliphatic carbocycles. The lowest BCUT2D eigenvalue weighted by atomic mass is 10.2. The number of hydrogen-bond acceptors (Lipinski definition) is 4. The van der Waals surface area contributed by atoms with E-state index in [2.05, 4.69) is 0 Å². The largest absolute Gasteiger partial charge is 0.480 e. The Kier molecular flexibility index (Phi) is 3.30. The summed E-state index contributed by atoms with van der Waals surface area (Å²) in [7, 11) is 0. The number of aliphatic carboxylic acids is 1. The molecule has 0 atom stereocenters. The molecule has 5 heteroatoms. The van der Waals surface area contributed by atoms with Crippen molar-refractivity contribution in [3.63, 3.8) is 0 Å². The van der Waals surface area contributed by atoms with Gasteiger partial charge in [0.15, 0.2) is 6.61 Å². The van der Waals surface area contributed by atoms with Crippen LogP contribution in [0.1, 0.15) is 5.56 Å². The quantitative estimate of drug-likeness (QED) is 0.600. The Morgan fingerprint density at radius 1 is 1.50 bits per heavy atom. The van der Waals surface area contributed by atoms with Crippen molar-refractivity contribution < 1.29 is 19.7 Å². The van der Waals surface area contributed by atoms with Crippen LogP contribution < -0.4 is 10.5 Å². The van der Waals surface area contributed by atoms with Crippen LogP contribution >= 0.6 is 0 Å². The van der Waals surface area contributed by atoms with Crippen LogP contribution in [0, 0.1) is 0 Å². The third-order valence-corrected chi connectivity index (χ3v) is 1.61. The molecular formula is C9H11NO4. The normalized spacial score (nSPS) is 9.79. The Morgan fingerprint density at radius 3 is 2.71 bits per heavy atom. The van der Waals surface area contributed by atoms with E-state index in [-0.39, 0.29) is 6.61 Å². The first-order valence-corrected chi connectivity index (χ1v) is 3.97. The van der Waals surface area contributed by atoms with Crippen LogP contribution in [0.4, 0.5) is 5.69 Å². The van der Waals surface area contributed by atoms with E-state index in [9.17, 15) is 4.79 Å². The maximum atomic E-state index is 10.2. The molecule has 0 aliphatic rings. The van der Waals surface area contributed by atoms with Crippen molar-refractivity contribution in [1.29, 1.82) is 0 Å². The zero-order valence-corrected chi connectivity index (χ0v) is 7.43. The van der Waals surface area contributed by atoms with Crippen molar-refractivity contribution in [3.05, 3.63) is 23.8 Å². The van der Waals surface area contributed by atoms with E-state index in [0.29, 0.717) is 17.0 Å². The molecule has 0 unspecified atom stereocenters. The highest BCUT2D eigenvalue weighted by atomic mass is 16.5. The van der Waals surface area contributed by atoms with Crippen LogP contribution in [0.3, 0.4) is 0 Å². The highest BCUT2D eigenvalue weighted by molar-refractivity contribution is 5.69. The Labute approximate surface area is 80.7 Å². The highest BCUT2D eigenvalue weighted by Gasteiger charge is 2.03. The molecule has 0 saturated carbocycles. The number of nitrogen functional groups attached to an aromatic ring is 1. The van der Waals surface area contributed by atoms with Gasteiger partial charge in [-0.25, -0.2) is 4.79 Å². The predicted octanol–water partition coefficient (Wildman–Crippen LogP) is 0.225. The van der Waals surface area contributed by atoms with Crippen molar-refractivity contribution in [2.24, 2.45) is 0 Å². The van der Waals surface area contributed by atoms with Crippen molar-refractivity contribution in [2.45, 2.75) is 6.61 Å². The molecule has 4 N–H and O–H groups in total. The number of carbonyl (C=O) groups is 1. The molecule has 0 heterocycles. The fourth-order valence-electron chi connectivity index (χ4n) is 0.967. The second kappa shape index (κ2) is 4.48. The van der Waals surface area contributed by atoms with Gasteiger partial charge in [-0.2, -0.15) is 0 Å². The smallest absolute Gasteiger partial charge is 0.341 e. The average molecular weight is 197 g/mol. The fourth-order valence-corrected chi connectivity index (χ4v) is 0.967. The lowest BCUT2D eigenvalue weighted by Crippen LogP contribution is -2.10. The number of hydrogen-bond donors (Lipinski definition) is 3. The van der Waals surface area contributed by atoms with Crippen LogP contribution in [0.5, 0.6) is 5.75 Å². The maximum Gasteiger partial charge on any atom is 0.341 e. The molecule has 0 radical (unpaired) electrons. The summed E-state index contributed by atoms with van der Waals surface area (Å²) < 4.78 is 4.89. The Balaban J connectivity index is 2.73. The van der Waals surface area contributed by atoms with E-state index in [1.807, 2.05) is 0 Å². The lowest BCUT2D eigenvalue weighted by Gasteiger charge is -2.07. The van der Waals surface area contributed by atoms with E-state index >= 15 is 0 Å². The molecule has 5 nitrogen and oxygen atoms in total. The summed E-state index contributed by atoms with van der Waals surface area (Å²) in [5, 5.41) is 17.1. The SMILES string of the molecule is Nc1cc(CO)ccc1OCC(=O)O. The highest BCUT2D eigenvalue weighted by Crippen LogP contribution is 2.22. The van der Waals surface area contributed by atoms with Crippen LogP contribution in [0.2, 0.25) is 0 Å². The van der Waals surface area contributed by atoms with Gasteiger partial charge in [-0.3, -0.25) is 0 Å². The molecule has 0 amide bonds. The van der Waals surface area contributed by atoms with E-state index in [0.717, 1.165) is 0 Å². The van der Waals surface area contributed by atoms with E-state index in [1.165, 1.54) is 12.1 Å². The van der Waals surface area contributed by atoms with Crippen molar-refractivity contribution >= 4 is 11.7 Å². The number of benzene rings is 1. The molecule has 0 aliphatic heterocycles. The molecule has 0 aromatic heterocycles. The Hall–Kier alpha value is -1.75. The van der Waals surface area contributed by atoms with E-state index in [4.69, 9.17) is 20.7 Å². The van der Waals surface area contributed by atoms with E-state index in [1.54, 1.807) is 6.07 Å². The zero-order valence-electron chi connectivity index (χ0n) is 7.43. The van der Waals surface area contributed by atoms with Crippen molar-refractivity contribution in [2.75, 3.05) is 12.3 Å². The second-order valence-electron chi connectivity index (χ2n) is 2.71. The molecule has 76 valence electrons. The van der Waals surface area contributed by atoms with Gasteiger partial charge < -0.3 is 20.7 Å². The Morgan fingerprint density at radius 2 is 2.21 bits per heavy atom. The standard InChI is InChI=1S/C9H11NO4/c10-7-3-6(4-11)1-2-8(7)14-5-9(12)13/h1-3,11H,4-5,10H2,(H,12,13). The molecular weight excluding hydrogens is 186 g/mol. The van der Waals surface area contributed by atoms with Gasteiger partial charge in [-0.05, 0) is 17.7 Å². The number of carboxylic acids is 1. The molecule has 0 fully saturated rings. The first-order chi connectivity index (χ1) is 6.63. The Bertz CT molecular complexity index is 338. The molecule has 0 saturated heterocycles. The first kappa shape index (κ1) is 10.3. The molecule has 14 heavy (non-hydrogen) atoms. The third kappa shape index (κ3) is 2.63. The number of carboxylic acid groups (broad SMARTS) is 1. The topological polar surface area (TPSA) is 92.8 Å². The van der Waals surface area contributed by atoms with Crippen LogP contribution in [0.15, 0.2) is 18.2 Å². The molecule has 0 bridgehead atoms. The third-order valence-electron chi connectivity index (χ3n) is 1.61. The number of aliphatic hydroxyl groups excluding tert-OH is 1. The van der Waals surface area contributed by atoms with Gasteiger partial charge in [0.2, 0.25) is 0 Å². The fraction of sp³-hybridized carbons (Fsp3) is 0.222. The monoisotopic (exact) mass is 197 g/mol. The summed E-state index contributed by atoms with van der Waals surface area (Å²) in [6.45, 7) is -0.536. The van der Waals surface area contributed by atoms with Gasteiger partial charge in [0.25, 0.3) is 0 Å². The second-order valence-corrected chi connectivity index (χ2v) is 2.71. The first-order valence-electron chi connectivity index (χ1n) is 3.97. The number of anilines is 1. The van der Waals surface area contributed by atoms with Gasteiger partial charge in [0.05, 0.1) is 12.3 Å². The minimum Gasteiger partial charge on any atom is -0.480 e. The van der Waals surface area contributed by atoms with Gasteiger partial charge in [0.1, 0.15) is 5.75 Å². The zero-order chi connectivity index (χ0) is 10.6. The lowest BCUT2D eigenvalue weighted by molar-refractivity contribution is -0.139. The molecule has 1 aromatic rings. The van der Waals surface area contributed by atoms with Crippen LogP contribution in [0.25, 0.3) is 0 Å². The average Bonchev–Trinajstić information content (AvgIpc) is 2.15. The summed E-state index contributed by atoms with van der Waals surface area (Å²) >= 11 is 0. The number of nitrogens with two attached hydrogens (primary N) is 1. The van der Waals surface area contributed by atoms with Crippen molar-refractivity contribution in [1.82, 2.24) is 0 Å². The predicted molar refractivity (Wildman–Crippen MR) is 49.9 cm³/mol. The summed E-state index contributed by atoms with van der Waals surface area (Å²) in [5.41, 5.74) is 6.53. The van der Waals surface area contributed by atoms with Crippen LogP contribution in [-0.2, 0) is 11.4 Å². The molecule has 1 rings (SSSR count). The number of rotatable bonds is 4. The van der Waals surface area contributed by atoms with Gasteiger partial charge in [-0.1, -0.05) is 6.07 Å². The van der Waals surface area contributed by atoms with E-state index < -0.39 is 12.6 Å². The van der Waals surface area contributed by atoms with Crippen molar-refractivity contribution in [3.8, 4) is 5.75 Å². The molecule has 0 spiro atoms. The van der Waals surface area contributed by atoms with Crippen LogP contribution in [-0.4, -0.2) is 22.8 Å². The number of aliphatic hydroxyl groups is 1. The maximum absolute atomic E-state index is 10.2. The van der Waals surface area contributed by atoms with Gasteiger partial charge in [0, 0.05) is 0 Å². The number of ether oxygens (including phenoxy) is 1.